The number of hydrogen-bond donors (Lipinski definition) is 3. The molecule has 0 heterocycles. The molecule has 0 aliphatic carbocycles. The smallest absolute Gasteiger partial charge is 0.306 e. The molecule has 0 spiro atoms. The number of allylic oxidation sites excluding steroid dienone is 12. The predicted octanol–water partition coefficient (Wildman–Crippen LogP) is 17.0. The molecule has 0 aliphatic rings. The molecule has 3 unspecified atom stereocenters. The Balaban J connectivity index is 4.64. The highest BCUT2D eigenvalue weighted by atomic mass is 16.5. The Morgan fingerprint density at radius 2 is 0.846 bits per heavy atom. The molecule has 0 aromatic carbocycles. The SMILES string of the molecule is CC/C=C\C/C=C\C/C=C\C/C=C\C/C=C\CCCC(CC(=O)NC(CO)C(O)CCCCCCCCCCCC)OC(=O)CCCCCCCCCCC/C=C/CCCCCCCC. The van der Waals surface area contributed by atoms with Crippen molar-refractivity contribution in [2.24, 2.45) is 0 Å². The Bertz CT molecular complexity index is 1200. The molecule has 0 saturated heterocycles. The van der Waals surface area contributed by atoms with E-state index < -0.39 is 18.2 Å². The van der Waals surface area contributed by atoms with Crippen molar-refractivity contribution in [1.82, 2.24) is 5.32 Å². The van der Waals surface area contributed by atoms with Crippen LogP contribution >= 0.6 is 0 Å². The maximum absolute atomic E-state index is 13.2. The summed E-state index contributed by atoms with van der Waals surface area (Å²) in [6.07, 6.45) is 66.9. The molecule has 6 nitrogen and oxygen atoms in total. The van der Waals surface area contributed by atoms with Crippen molar-refractivity contribution in [3.05, 3.63) is 72.9 Å². The molecule has 65 heavy (non-hydrogen) atoms. The summed E-state index contributed by atoms with van der Waals surface area (Å²) in [5.74, 6) is -0.530. The zero-order valence-corrected chi connectivity index (χ0v) is 42.9. The number of aliphatic hydroxyl groups excluding tert-OH is 2. The normalized spacial score (nSPS) is 13.7. The molecule has 0 aliphatic heterocycles. The highest BCUT2D eigenvalue weighted by molar-refractivity contribution is 5.77. The molecule has 1 amide bonds. The third-order valence-electron chi connectivity index (χ3n) is 12.3. The molecule has 0 rings (SSSR count). The second-order valence-corrected chi connectivity index (χ2v) is 18.6. The Morgan fingerprint density at radius 1 is 0.462 bits per heavy atom. The number of amides is 1. The van der Waals surface area contributed by atoms with Gasteiger partial charge in [0.15, 0.2) is 0 Å². The molecule has 0 radical (unpaired) electrons. The summed E-state index contributed by atoms with van der Waals surface area (Å²) in [7, 11) is 0. The maximum Gasteiger partial charge on any atom is 0.306 e. The molecule has 376 valence electrons. The molecule has 3 N–H and O–H groups in total. The van der Waals surface area contributed by atoms with Gasteiger partial charge in [-0.05, 0) is 89.9 Å². The van der Waals surface area contributed by atoms with Crippen LogP contribution in [0, 0.1) is 0 Å². The van der Waals surface area contributed by atoms with Gasteiger partial charge in [-0.15, -0.1) is 0 Å². The van der Waals surface area contributed by atoms with Gasteiger partial charge >= 0.3 is 5.97 Å². The van der Waals surface area contributed by atoms with Gasteiger partial charge in [0, 0.05) is 6.42 Å². The van der Waals surface area contributed by atoms with Crippen LogP contribution in [0.15, 0.2) is 72.9 Å². The standard InChI is InChI=1S/C59H105NO5/c1-4-7-10-13-16-19-22-24-26-28-29-31-33-35-37-40-43-46-49-52-59(64)65-55(50-47-44-41-38-36-34-32-30-27-25-23-20-17-14-11-8-5-2)53-58(63)60-56(54-61)57(62)51-48-45-42-39-21-18-15-12-9-6-3/h8,11,17,20,24-27,32,34,38,41,55-57,61-62H,4-7,9-10,12-16,18-19,21-23,28-31,33,35-37,39-40,42-54H2,1-3H3,(H,60,63)/b11-8-,20-17-,26-24+,27-25-,34-32-,41-38-. The van der Waals surface area contributed by atoms with E-state index in [1.54, 1.807) is 0 Å². The van der Waals surface area contributed by atoms with E-state index in [0.29, 0.717) is 19.3 Å². The zero-order valence-electron chi connectivity index (χ0n) is 42.9. The van der Waals surface area contributed by atoms with E-state index in [4.69, 9.17) is 4.74 Å². The van der Waals surface area contributed by atoms with Gasteiger partial charge in [0.1, 0.15) is 6.10 Å². The largest absolute Gasteiger partial charge is 0.462 e. The van der Waals surface area contributed by atoms with Gasteiger partial charge in [-0.2, -0.15) is 0 Å². The van der Waals surface area contributed by atoms with E-state index >= 15 is 0 Å². The Morgan fingerprint density at radius 3 is 1.31 bits per heavy atom. The topological polar surface area (TPSA) is 95.9 Å². The number of unbranched alkanes of at least 4 members (excludes halogenated alkanes) is 25. The Labute approximate surface area is 402 Å². The number of carbonyl (C=O) groups excluding carboxylic acids is 2. The van der Waals surface area contributed by atoms with E-state index in [-0.39, 0.29) is 24.9 Å². The molecule has 0 aromatic heterocycles. The van der Waals surface area contributed by atoms with Crippen molar-refractivity contribution in [1.29, 1.82) is 0 Å². The first-order valence-corrected chi connectivity index (χ1v) is 27.7. The lowest BCUT2D eigenvalue weighted by molar-refractivity contribution is -0.151. The number of nitrogens with one attached hydrogen (secondary N) is 1. The third-order valence-corrected chi connectivity index (χ3v) is 12.3. The first-order chi connectivity index (χ1) is 32.0. The fraction of sp³-hybridized carbons (Fsp3) is 0.763. The van der Waals surface area contributed by atoms with E-state index in [2.05, 4.69) is 99.0 Å². The Hall–Kier alpha value is -2.70. The molecule has 0 saturated carbocycles. The summed E-state index contributed by atoms with van der Waals surface area (Å²) in [6, 6.07) is -0.722. The quantitative estimate of drug-likeness (QED) is 0.0321. The first kappa shape index (κ1) is 62.3. The van der Waals surface area contributed by atoms with Gasteiger partial charge in [0.05, 0.1) is 25.2 Å². The number of esters is 1. The number of rotatable bonds is 49. The molecule has 6 heteroatoms. The summed E-state index contributed by atoms with van der Waals surface area (Å²) in [6.45, 7) is 6.35. The zero-order chi connectivity index (χ0) is 47.4. The minimum atomic E-state index is -0.805. The van der Waals surface area contributed by atoms with E-state index in [0.717, 1.165) is 83.5 Å². The second kappa shape index (κ2) is 52.3. The van der Waals surface area contributed by atoms with Crippen molar-refractivity contribution < 1.29 is 24.5 Å². The van der Waals surface area contributed by atoms with Crippen molar-refractivity contribution >= 4 is 11.9 Å². The second-order valence-electron chi connectivity index (χ2n) is 18.6. The van der Waals surface area contributed by atoms with Crippen LogP contribution in [0.25, 0.3) is 0 Å². The molecular formula is C59H105NO5. The average Bonchev–Trinajstić information content (AvgIpc) is 3.30. The summed E-state index contributed by atoms with van der Waals surface area (Å²) >= 11 is 0. The molecule has 0 bridgehead atoms. The van der Waals surface area contributed by atoms with Crippen molar-refractivity contribution in [2.75, 3.05) is 6.61 Å². The number of aliphatic hydroxyl groups is 2. The fourth-order valence-corrected chi connectivity index (χ4v) is 8.10. The highest BCUT2D eigenvalue weighted by Gasteiger charge is 2.24. The first-order valence-electron chi connectivity index (χ1n) is 27.7. The summed E-state index contributed by atoms with van der Waals surface area (Å²) < 4.78 is 5.92. The molecular weight excluding hydrogens is 803 g/mol. The molecule has 0 fully saturated rings. The fourth-order valence-electron chi connectivity index (χ4n) is 8.10. The maximum atomic E-state index is 13.2. The summed E-state index contributed by atoms with van der Waals surface area (Å²) in [5.41, 5.74) is 0. The van der Waals surface area contributed by atoms with Gasteiger partial charge in [-0.25, -0.2) is 0 Å². The van der Waals surface area contributed by atoms with Crippen molar-refractivity contribution in [3.8, 4) is 0 Å². The van der Waals surface area contributed by atoms with Crippen LogP contribution in [0.3, 0.4) is 0 Å². The van der Waals surface area contributed by atoms with E-state index in [9.17, 15) is 19.8 Å². The van der Waals surface area contributed by atoms with Gasteiger partial charge in [-0.1, -0.05) is 235 Å². The lowest BCUT2D eigenvalue weighted by Gasteiger charge is -2.24. The van der Waals surface area contributed by atoms with E-state index in [1.165, 1.54) is 135 Å². The van der Waals surface area contributed by atoms with Crippen LogP contribution in [0.1, 0.15) is 265 Å². The highest BCUT2D eigenvalue weighted by Crippen LogP contribution is 2.17. The Kier molecular flexibility index (Phi) is 50.1. The monoisotopic (exact) mass is 908 g/mol. The van der Waals surface area contributed by atoms with Crippen LogP contribution in [-0.2, 0) is 14.3 Å². The van der Waals surface area contributed by atoms with Crippen molar-refractivity contribution in [2.45, 2.75) is 283 Å². The summed E-state index contributed by atoms with van der Waals surface area (Å²) in [5, 5.41) is 23.7. The van der Waals surface area contributed by atoms with Gasteiger partial charge in [0.25, 0.3) is 0 Å². The van der Waals surface area contributed by atoms with Crippen LogP contribution < -0.4 is 5.32 Å². The van der Waals surface area contributed by atoms with Gasteiger partial charge in [0.2, 0.25) is 5.91 Å². The average molecular weight is 908 g/mol. The van der Waals surface area contributed by atoms with Crippen LogP contribution in [0.5, 0.6) is 0 Å². The van der Waals surface area contributed by atoms with Crippen LogP contribution in [0.2, 0.25) is 0 Å². The number of carbonyl (C=O) groups is 2. The van der Waals surface area contributed by atoms with E-state index in [1.807, 2.05) is 0 Å². The molecule has 3 atom stereocenters. The molecule has 0 aromatic rings. The third kappa shape index (κ3) is 47.6. The van der Waals surface area contributed by atoms with Crippen LogP contribution in [0.4, 0.5) is 0 Å². The lowest BCUT2D eigenvalue weighted by Crippen LogP contribution is -2.46. The van der Waals surface area contributed by atoms with Crippen molar-refractivity contribution in [3.63, 3.8) is 0 Å². The lowest BCUT2D eigenvalue weighted by atomic mass is 10.0. The predicted molar refractivity (Wildman–Crippen MR) is 282 cm³/mol. The minimum Gasteiger partial charge on any atom is -0.462 e. The summed E-state index contributed by atoms with van der Waals surface area (Å²) in [4.78, 5) is 26.2. The number of hydrogen-bond acceptors (Lipinski definition) is 5. The van der Waals surface area contributed by atoms with Crippen LogP contribution in [-0.4, -0.2) is 46.9 Å². The minimum absolute atomic E-state index is 0.0361. The number of ether oxygens (including phenoxy) is 1. The van der Waals surface area contributed by atoms with Gasteiger partial charge < -0.3 is 20.3 Å². The van der Waals surface area contributed by atoms with Gasteiger partial charge in [-0.3, -0.25) is 9.59 Å².